The zero-order valence-corrected chi connectivity index (χ0v) is 9.57. The number of hydrogen-bond acceptors (Lipinski definition) is 3. The van der Waals surface area contributed by atoms with Crippen LogP contribution in [0.1, 0.15) is 19.4 Å². The van der Waals surface area contributed by atoms with E-state index in [1.165, 1.54) is 11.3 Å². The standard InChI is InChI=1S/C11H13FN2S/c1-6(2)3-7-4-8(12)10-9(5-7)15-11(13)14-10/h4-6H,3H2,1-2H3,(H2,13,14). The third-order valence-electron chi connectivity index (χ3n) is 2.17. The molecule has 1 aromatic heterocycles. The maximum atomic E-state index is 13.6. The van der Waals surface area contributed by atoms with E-state index in [0.717, 1.165) is 16.7 Å². The van der Waals surface area contributed by atoms with Crippen molar-refractivity contribution in [2.45, 2.75) is 20.3 Å². The van der Waals surface area contributed by atoms with E-state index in [4.69, 9.17) is 5.73 Å². The quantitative estimate of drug-likeness (QED) is 0.850. The summed E-state index contributed by atoms with van der Waals surface area (Å²) in [5.74, 6) is 0.253. The van der Waals surface area contributed by atoms with Crippen molar-refractivity contribution < 1.29 is 4.39 Å². The number of rotatable bonds is 2. The van der Waals surface area contributed by atoms with E-state index >= 15 is 0 Å². The molecule has 0 amide bonds. The van der Waals surface area contributed by atoms with Crippen LogP contribution in [0.25, 0.3) is 10.2 Å². The van der Waals surface area contributed by atoms with Crippen LogP contribution in [0.2, 0.25) is 0 Å². The van der Waals surface area contributed by atoms with Crippen molar-refractivity contribution in [1.82, 2.24) is 4.98 Å². The second-order valence-corrected chi connectivity index (χ2v) is 5.14. The van der Waals surface area contributed by atoms with Crippen molar-refractivity contribution in [3.8, 4) is 0 Å². The van der Waals surface area contributed by atoms with Gasteiger partial charge in [0, 0.05) is 0 Å². The lowest BCUT2D eigenvalue weighted by Crippen LogP contribution is -1.94. The average molecular weight is 224 g/mol. The fourth-order valence-corrected chi connectivity index (χ4v) is 2.46. The van der Waals surface area contributed by atoms with E-state index in [1.807, 2.05) is 6.07 Å². The predicted molar refractivity (Wildman–Crippen MR) is 62.5 cm³/mol. The predicted octanol–water partition coefficient (Wildman–Crippen LogP) is 3.22. The van der Waals surface area contributed by atoms with Crippen LogP contribution in [0.5, 0.6) is 0 Å². The summed E-state index contributed by atoms with van der Waals surface area (Å²) in [5, 5.41) is 0.422. The van der Waals surface area contributed by atoms with E-state index in [1.54, 1.807) is 6.07 Å². The highest BCUT2D eigenvalue weighted by molar-refractivity contribution is 7.22. The number of halogens is 1. The summed E-state index contributed by atoms with van der Waals surface area (Å²) < 4.78 is 14.4. The van der Waals surface area contributed by atoms with E-state index in [-0.39, 0.29) is 5.82 Å². The zero-order valence-electron chi connectivity index (χ0n) is 8.75. The average Bonchev–Trinajstić information content (AvgIpc) is 2.44. The first-order valence-electron chi connectivity index (χ1n) is 4.90. The third kappa shape index (κ3) is 2.09. The number of hydrogen-bond donors (Lipinski definition) is 1. The molecule has 1 aromatic carbocycles. The molecule has 2 N–H and O–H groups in total. The number of nitrogens with two attached hydrogens (primary N) is 1. The van der Waals surface area contributed by atoms with Crippen molar-refractivity contribution in [2.75, 3.05) is 5.73 Å². The van der Waals surface area contributed by atoms with Crippen molar-refractivity contribution in [3.63, 3.8) is 0 Å². The molecule has 4 heteroatoms. The highest BCUT2D eigenvalue weighted by Gasteiger charge is 2.09. The van der Waals surface area contributed by atoms with Crippen LogP contribution in [-0.4, -0.2) is 4.98 Å². The van der Waals surface area contributed by atoms with Gasteiger partial charge in [-0.05, 0) is 30.0 Å². The van der Waals surface area contributed by atoms with Crippen LogP contribution >= 0.6 is 11.3 Å². The van der Waals surface area contributed by atoms with Gasteiger partial charge in [0.05, 0.1) is 4.70 Å². The van der Waals surface area contributed by atoms with Gasteiger partial charge in [-0.3, -0.25) is 0 Å². The van der Waals surface area contributed by atoms with Crippen LogP contribution < -0.4 is 5.73 Å². The molecule has 2 aromatic rings. The smallest absolute Gasteiger partial charge is 0.181 e. The van der Waals surface area contributed by atoms with Crippen LogP contribution in [0.15, 0.2) is 12.1 Å². The maximum absolute atomic E-state index is 13.6. The molecule has 0 aliphatic rings. The molecule has 1 heterocycles. The van der Waals surface area contributed by atoms with Gasteiger partial charge in [0.2, 0.25) is 0 Å². The summed E-state index contributed by atoms with van der Waals surface area (Å²) >= 11 is 1.33. The molecule has 0 radical (unpaired) electrons. The summed E-state index contributed by atoms with van der Waals surface area (Å²) in [7, 11) is 0. The molecule has 15 heavy (non-hydrogen) atoms. The van der Waals surface area contributed by atoms with Gasteiger partial charge >= 0.3 is 0 Å². The van der Waals surface area contributed by atoms with Crippen molar-refractivity contribution in [3.05, 3.63) is 23.5 Å². The summed E-state index contributed by atoms with van der Waals surface area (Å²) in [4.78, 5) is 3.95. The normalized spacial score (nSPS) is 11.5. The van der Waals surface area contributed by atoms with E-state index in [2.05, 4.69) is 18.8 Å². The number of anilines is 1. The second-order valence-electron chi connectivity index (χ2n) is 4.07. The Morgan fingerprint density at radius 3 is 2.87 bits per heavy atom. The van der Waals surface area contributed by atoms with Crippen molar-refractivity contribution in [2.24, 2.45) is 5.92 Å². The van der Waals surface area contributed by atoms with Gasteiger partial charge in [-0.25, -0.2) is 9.37 Å². The van der Waals surface area contributed by atoms with Crippen LogP contribution in [0, 0.1) is 11.7 Å². The summed E-state index contributed by atoms with van der Waals surface area (Å²) in [6.45, 7) is 4.23. The molecular formula is C11H13FN2S. The van der Waals surface area contributed by atoms with Gasteiger partial charge in [0.15, 0.2) is 10.9 Å². The number of fused-ring (bicyclic) bond motifs is 1. The number of thiazole rings is 1. The van der Waals surface area contributed by atoms with Gasteiger partial charge in [-0.2, -0.15) is 0 Å². The Labute approximate surface area is 91.9 Å². The molecule has 0 aliphatic heterocycles. The molecule has 0 bridgehead atoms. The maximum Gasteiger partial charge on any atom is 0.181 e. The van der Waals surface area contributed by atoms with E-state index in [9.17, 15) is 4.39 Å². The minimum absolute atomic E-state index is 0.267. The molecular weight excluding hydrogens is 211 g/mol. The van der Waals surface area contributed by atoms with Crippen molar-refractivity contribution >= 4 is 26.7 Å². The minimum Gasteiger partial charge on any atom is -0.375 e. The summed E-state index contributed by atoms with van der Waals surface area (Å²) in [5.41, 5.74) is 6.96. The number of nitrogen functional groups attached to an aromatic ring is 1. The molecule has 0 saturated heterocycles. The highest BCUT2D eigenvalue weighted by atomic mass is 32.1. The molecule has 0 unspecified atom stereocenters. The van der Waals surface area contributed by atoms with Gasteiger partial charge in [0.25, 0.3) is 0 Å². The second kappa shape index (κ2) is 3.77. The Morgan fingerprint density at radius 2 is 2.20 bits per heavy atom. The van der Waals surface area contributed by atoms with Gasteiger partial charge in [0.1, 0.15) is 5.52 Å². The first kappa shape index (κ1) is 10.4. The molecule has 0 saturated carbocycles. The number of nitrogens with zero attached hydrogens (tertiary/aromatic N) is 1. The fourth-order valence-electron chi connectivity index (χ4n) is 1.65. The molecule has 80 valence electrons. The Morgan fingerprint density at radius 1 is 1.47 bits per heavy atom. The van der Waals surface area contributed by atoms with Crippen molar-refractivity contribution in [1.29, 1.82) is 0 Å². The molecule has 0 spiro atoms. The van der Waals surface area contributed by atoms with Gasteiger partial charge < -0.3 is 5.73 Å². The Bertz CT molecular complexity index is 491. The molecule has 2 nitrogen and oxygen atoms in total. The molecule has 0 aliphatic carbocycles. The fraction of sp³-hybridized carbons (Fsp3) is 0.364. The van der Waals surface area contributed by atoms with Crippen LogP contribution in [-0.2, 0) is 6.42 Å². The van der Waals surface area contributed by atoms with E-state index in [0.29, 0.717) is 16.6 Å². The van der Waals surface area contributed by atoms with Gasteiger partial charge in [-0.1, -0.05) is 25.2 Å². The number of benzene rings is 1. The Kier molecular flexibility index (Phi) is 2.61. The highest BCUT2D eigenvalue weighted by Crippen LogP contribution is 2.27. The molecule has 2 rings (SSSR count). The van der Waals surface area contributed by atoms with Gasteiger partial charge in [-0.15, -0.1) is 0 Å². The zero-order chi connectivity index (χ0) is 11.0. The minimum atomic E-state index is -0.267. The Hall–Kier alpha value is -1.16. The SMILES string of the molecule is CC(C)Cc1cc(F)c2nc(N)sc2c1. The largest absolute Gasteiger partial charge is 0.375 e. The van der Waals surface area contributed by atoms with E-state index < -0.39 is 0 Å². The third-order valence-corrected chi connectivity index (χ3v) is 3.00. The van der Waals surface area contributed by atoms with Crippen LogP contribution in [0.4, 0.5) is 9.52 Å². The lowest BCUT2D eigenvalue weighted by molar-refractivity contribution is 0.620. The molecule has 0 fully saturated rings. The number of aromatic nitrogens is 1. The summed E-state index contributed by atoms with van der Waals surface area (Å²) in [6, 6.07) is 3.54. The first-order valence-corrected chi connectivity index (χ1v) is 5.72. The Balaban J connectivity index is 2.51. The topological polar surface area (TPSA) is 38.9 Å². The lowest BCUT2D eigenvalue weighted by atomic mass is 10.0. The first-order chi connectivity index (χ1) is 7.06. The lowest BCUT2D eigenvalue weighted by Gasteiger charge is -2.04. The van der Waals surface area contributed by atoms with Crippen LogP contribution in [0.3, 0.4) is 0 Å². The monoisotopic (exact) mass is 224 g/mol. The summed E-state index contributed by atoms with van der Waals surface area (Å²) in [6.07, 6.45) is 0.880. The molecule has 0 atom stereocenters.